The van der Waals surface area contributed by atoms with E-state index in [1.54, 1.807) is 30.3 Å². The number of benzene rings is 2. The molecule has 0 fully saturated rings. The van der Waals surface area contributed by atoms with E-state index in [0.717, 1.165) is 0 Å². The number of aromatic nitrogens is 1. The van der Waals surface area contributed by atoms with Crippen LogP contribution < -0.4 is 15.4 Å². The summed E-state index contributed by atoms with van der Waals surface area (Å²) in [6.07, 6.45) is 2.65. The van der Waals surface area contributed by atoms with Crippen LogP contribution in [0.5, 0.6) is 5.75 Å². The Balaban J connectivity index is 1.76. The van der Waals surface area contributed by atoms with Gasteiger partial charge in [0.2, 0.25) is 0 Å². The summed E-state index contributed by atoms with van der Waals surface area (Å²) in [6.45, 7) is 2.31. The summed E-state index contributed by atoms with van der Waals surface area (Å²) >= 11 is 0. The minimum Gasteiger partial charge on any atom is -0.492 e. The van der Waals surface area contributed by atoms with Gasteiger partial charge in [-0.15, -0.1) is 0 Å². The van der Waals surface area contributed by atoms with Crippen molar-refractivity contribution in [1.29, 1.82) is 0 Å². The number of ether oxygens (including phenoxy) is 1. The molecule has 3 aromatic rings. The van der Waals surface area contributed by atoms with E-state index in [1.807, 2.05) is 6.92 Å². The second kappa shape index (κ2) is 8.77. The fraction of sp³-hybridized carbons (Fsp3) is 0.0952. The quantitative estimate of drug-likeness (QED) is 0.675. The number of pyridine rings is 1. The number of amides is 2. The number of carbonyl (C=O) groups excluding carboxylic acids is 2. The van der Waals surface area contributed by atoms with Gasteiger partial charge in [-0.25, -0.2) is 4.39 Å². The smallest absolute Gasteiger partial charge is 0.257 e. The molecule has 1 aromatic heterocycles. The molecule has 6 nitrogen and oxygen atoms in total. The van der Waals surface area contributed by atoms with E-state index in [1.165, 1.54) is 36.7 Å². The van der Waals surface area contributed by atoms with Crippen LogP contribution in [0.4, 0.5) is 15.8 Å². The Morgan fingerprint density at radius 1 is 0.929 bits per heavy atom. The summed E-state index contributed by atoms with van der Waals surface area (Å²) in [5, 5.41) is 5.20. The largest absolute Gasteiger partial charge is 0.492 e. The van der Waals surface area contributed by atoms with Gasteiger partial charge in [0.1, 0.15) is 11.6 Å². The molecule has 142 valence electrons. The zero-order valence-electron chi connectivity index (χ0n) is 15.1. The van der Waals surface area contributed by atoms with Crippen molar-refractivity contribution in [1.82, 2.24) is 4.98 Å². The summed E-state index contributed by atoms with van der Waals surface area (Å²) in [5.74, 6) is -1.02. The van der Waals surface area contributed by atoms with Crippen molar-refractivity contribution in [3.8, 4) is 5.75 Å². The number of para-hydroxylation sites is 3. The first-order valence-corrected chi connectivity index (χ1v) is 8.62. The summed E-state index contributed by atoms with van der Waals surface area (Å²) in [6, 6.07) is 14.2. The Hall–Kier alpha value is -3.74. The van der Waals surface area contributed by atoms with Gasteiger partial charge in [0.05, 0.1) is 29.1 Å². The molecule has 28 heavy (non-hydrogen) atoms. The number of hydrogen-bond acceptors (Lipinski definition) is 4. The summed E-state index contributed by atoms with van der Waals surface area (Å²) in [4.78, 5) is 28.9. The SMILES string of the molecule is CCOc1ccccc1NC(=O)c1cncc(C(=O)Nc2ccccc2F)c1. The summed E-state index contributed by atoms with van der Waals surface area (Å²) in [7, 11) is 0. The second-order valence-corrected chi connectivity index (χ2v) is 5.78. The van der Waals surface area contributed by atoms with Crippen molar-refractivity contribution in [3.63, 3.8) is 0 Å². The van der Waals surface area contributed by atoms with Crippen molar-refractivity contribution >= 4 is 23.2 Å². The van der Waals surface area contributed by atoms with Crippen LogP contribution in [0.2, 0.25) is 0 Å². The van der Waals surface area contributed by atoms with Crippen LogP contribution in [0.3, 0.4) is 0 Å². The molecule has 0 aliphatic carbocycles. The predicted octanol–water partition coefficient (Wildman–Crippen LogP) is 4.12. The number of carbonyl (C=O) groups is 2. The van der Waals surface area contributed by atoms with Gasteiger partial charge in [0.25, 0.3) is 11.8 Å². The minimum atomic E-state index is -0.568. The third kappa shape index (κ3) is 4.50. The molecule has 0 aliphatic rings. The molecule has 2 aromatic carbocycles. The highest BCUT2D eigenvalue weighted by Gasteiger charge is 2.14. The van der Waals surface area contributed by atoms with Crippen molar-refractivity contribution in [2.75, 3.05) is 17.2 Å². The minimum absolute atomic E-state index is 0.0491. The zero-order chi connectivity index (χ0) is 19.9. The van der Waals surface area contributed by atoms with E-state index >= 15 is 0 Å². The predicted molar refractivity (Wildman–Crippen MR) is 104 cm³/mol. The molecule has 7 heteroatoms. The Labute approximate surface area is 161 Å². The van der Waals surface area contributed by atoms with Crippen molar-refractivity contribution < 1.29 is 18.7 Å². The number of hydrogen-bond donors (Lipinski definition) is 2. The van der Waals surface area contributed by atoms with Crippen LogP contribution in [0, 0.1) is 5.82 Å². The number of nitrogens with one attached hydrogen (secondary N) is 2. The van der Waals surface area contributed by atoms with Gasteiger partial charge in [-0.3, -0.25) is 14.6 Å². The highest BCUT2D eigenvalue weighted by atomic mass is 19.1. The van der Waals surface area contributed by atoms with Crippen LogP contribution in [-0.4, -0.2) is 23.4 Å². The van der Waals surface area contributed by atoms with Crippen LogP contribution in [0.1, 0.15) is 27.6 Å². The third-order valence-corrected chi connectivity index (χ3v) is 3.82. The molecule has 2 amide bonds. The molecule has 0 unspecified atom stereocenters. The Kier molecular flexibility index (Phi) is 5.96. The first-order valence-electron chi connectivity index (χ1n) is 8.62. The number of halogens is 1. The molecule has 0 saturated carbocycles. The lowest BCUT2D eigenvalue weighted by molar-refractivity contribution is 0.102. The summed E-state index contributed by atoms with van der Waals surface area (Å²) < 4.78 is 19.2. The molecule has 0 radical (unpaired) electrons. The van der Waals surface area contributed by atoms with Crippen molar-refractivity contribution in [2.45, 2.75) is 6.92 Å². The van der Waals surface area contributed by atoms with Gasteiger partial charge in [0, 0.05) is 12.4 Å². The molecule has 0 bridgehead atoms. The fourth-order valence-electron chi connectivity index (χ4n) is 2.49. The van der Waals surface area contributed by atoms with E-state index in [2.05, 4.69) is 15.6 Å². The molecular weight excluding hydrogens is 361 g/mol. The van der Waals surface area contributed by atoms with Gasteiger partial charge < -0.3 is 15.4 Å². The molecular formula is C21H18FN3O3. The number of rotatable bonds is 6. The van der Waals surface area contributed by atoms with E-state index in [9.17, 15) is 14.0 Å². The van der Waals surface area contributed by atoms with Crippen molar-refractivity contribution in [3.05, 3.63) is 83.9 Å². The molecule has 0 saturated heterocycles. The Morgan fingerprint density at radius 2 is 1.50 bits per heavy atom. The van der Waals surface area contributed by atoms with Gasteiger partial charge in [0.15, 0.2) is 0 Å². The third-order valence-electron chi connectivity index (χ3n) is 3.82. The maximum absolute atomic E-state index is 13.7. The van der Waals surface area contributed by atoms with E-state index < -0.39 is 17.6 Å². The zero-order valence-corrected chi connectivity index (χ0v) is 15.1. The first-order chi connectivity index (χ1) is 13.6. The first kappa shape index (κ1) is 19.0. The average Bonchev–Trinajstić information content (AvgIpc) is 2.71. The fourth-order valence-corrected chi connectivity index (χ4v) is 2.49. The van der Waals surface area contributed by atoms with Crippen LogP contribution in [-0.2, 0) is 0 Å². The molecule has 3 rings (SSSR count). The highest BCUT2D eigenvalue weighted by molar-refractivity contribution is 6.08. The van der Waals surface area contributed by atoms with E-state index in [-0.39, 0.29) is 16.8 Å². The lowest BCUT2D eigenvalue weighted by atomic mass is 10.1. The highest BCUT2D eigenvalue weighted by Crippen LogP contribution is 2.24. The van der Waals surface area contributed by atoms with Crippen LogP contribution in [0.25, 0.3) is 0 Å². The Morgan fingerprint density at radius 3 is 2.14 bits per heavy atom. The normalized spacial score (nSPS) is 10.2. The van der Waals surface area contributed by atoms with Gasteiger partial charge in [-0.05, 0) is 37.3 Å². The van der Waals surface area contributed by atoms with Crippen molar-refractivity contribution in [2.24, 2.45) is 0 Å². The molecule has 0 atom stereocenters. The topological polar surface area (TPSA) is 80.3 Å². The van der Waals surface area contributed by atoms with Crippen LogP contribution in [0.15, 0.2) is 67.0 Å². The molecule has 2 N–H and O–H groups in total. The second-order valence-electron chi connectivity index (χ2n) is 5.78. The Bertz CT molecular complexity index is 1010. The maximum atomic E-state index is 13.7. The van der Waals surface area contributed by atoms with Gasteiger partial charge >= 0.3 is 0 Å². The molecule has 1 heterocycles. The lowest BCUT2D eigenvalue weighted by Gasteiger charge is -2.11. The monoisotopic (exact) mass is 379 g/mol. The van der Waals surface area contributed by atoms with Gasteiger partial charge in [-0.2, -0.15) is 0 Å². The number of anilines is 2. The maximum Gasteiger partial charge on any atom is 0.257 e. The molecule has 0 aliphatic heterocycles. The average molecular weight is 379 g/mol. The van der Waals surface area contributed by atoms with Crippen LogP contribution >= 0.6 is 0 Å². The summed E-state index contributed by atoms with van der Waals surface area (Å²) in [5.41, 5.74) is 0.880. The van der Waals surface area contributed by atoms with E-state index in [0.29, 0.717) is 18.0 Å². The van der Waals surface area contributed by atoms with Gasteiger partial charge in [-0.1, -0.05) is 24.3 Å². The van der Waals surface area contributed by atoms with E-state index in [4.69, 9.17) is 4.74 Å². The number of nitrogens with zero attached hydrogens (tertiary/aromatic N) is 1. The molecule has 0 spiro atoms. The lowest BCUT2D eigenvalue weighted by Crippen LogP contribution is -2.17. The standard InChI is InChI=1S/C21H18FN3O3/c1-2-28-19-10-6-5-9-18(19)25-21(27)15-11-14(12-23-13-15)20(26)24-17-8-4-3-7-16(17)22/h3-13H,2H2,1H3,(H,24,26)(H,25,27).